The van der Waals surface area contributed by atoms with Crippen molar-refractivity contribution in [3.05, 3.63) is 84.4 Å². The molecule has 1 fully saturated rings. The highest BCUT2D eigenvalue weighted by Gasteiger charge is 2.39. The van der Waals surface area contributed by atoms with Gasteiger partial charge in [-0.05, 0) is 18.2 Å². The first-order valence-corrected chi connectivity index (χ1v) is 9.01. The molecule has 5 nitrogen and oxygen atoms in total. The zero-order valence-electron chi connectivity index (χ0n) is 15.5. The molecular formula is C22H24N2O3. The van der Waals surface area contributed by atoms with Gasteiger partial charge in [0.25, 0.3) is 0 Å². The molecular weight excluding hydrogens is 340 g/mol. The van der Waals surface area contributed by atoms with Crippen LogP contribution >= 0.6 is 0 Å². The summed E-state index contributed by atoms with van der Waals surface area (Å²) >= 11 is 0. The fourth-order valence-corrected chi connectivity index (χ4v) is 3.46. The first-order valence-electron chi connectivity index (χ1n) is 9.01. The van der Waals surface area contributed by atoms with Crippen molar-refractivity contribution in [3.63, 3.8) is 0 Å². The van der Waals surface area contributed by atoms with Gasteiger partial charge in [-0.2, -0.15) is 0 Å². The summed E-state index contributed by atoms with van der Waals surface area (Å²) in [5.41, 5.74) is 2.08. The summed E-state index contributed by atoms with van der Waals surface area (Å²) in [5, 5.41) is 0. The van der Waals surface area contributed by atoms with E-state index in [2.05, 4.69) is 6.58 Å². The maximum Gasteiger partial charge on any atom is 0.416 e. The number of cyclic esters (lactones) is 1. The Morgan fingerprint density at radius 3 is 2.37 bits per heavy atom. The number of amides is 2. The largest absolute Gasteiger partial charge is 0.447 e. The van der Waals surface area contributed by atoms with Gasteiger partial charge in [0.15, 0.2) is 0 Å². The normalized spacial score (nSPS) is 16.1. The molecule has 0 bridgehead atoms. The Morgan fingerprint density at radius 1 is 1.19 bits per heavy atom. The number of imide groups is 1. The number of hydrogen-bond acceptors (Lipinski definition) is 4. The molecule has 0 saturated carbocycles. The van der Waals surface area contributed by atoms with E-state index in [1.807, 2.05) is 72.6 Å². The summed E-state index contributed by atoms with van der Waals surface area (Å²) in [6, 6.07) is 19.2. The number of hydrogen-bond donors (Lipinski definition) is 0. The SMILES string of the molecule is C=C[C@@H](c1ccccc1)[C@@H](C(=O)N1CCOC1=O)N(C)Cc1ccccc1. The van der Waals surface area contributed by atoms with Crippen molar-refractivity contribution < 1.29 is 14.3 Å². The van der Waals surface area contributed by atoms with E-state index in [1.54, 1.807) is 6.08 Å². The summed E-state index contributed by atoms with van der Waals surface area (Å²) in [7, 11) is 1.90. The number of carbonyl (C=O) groups is 2. The summed E-state index contributed by atoms with van der Waals surface area (Å²) < 4.78 is 4.98. The summed E-state index contributed by atoms with van der Waals surface area (Å²) in [5.74, 6) is -0.509. The summed E-state index contributed by atoms with van der Waals surface area (Å²) in [4.78, 5) is 28.5. The molecule has 0 aromatic heterocycles. The Labute approximate surface area is 159 Å². The number of carbonyl (C=O) groups excluding carboxylic acids is 2. The monoisotopic (exact) mass is 364 g/mol. The minimum atomic E-state index is -0.575. The second kappa shape index (κ2) is 8.64. The molecule has 0 radical (unpaired) electrons. The molecule has 5 heteroatoms. The molecule has 3 rings (SSSR count). The van der Waals surface area contributed by atoms with Gasteiger partial charge in [0, 0.05) is 12.5 Å². The minimum Gasteiger partial charge on any atom is -0.447 e. The van der Waals surface area contributed by atoms with Crippen LogP contribution in [-0.4, -0.2) is 48.0 Å². The van der Waals surface area contributed by atoms with Crippen molar-refractivity contribution in [2.24, 2.45) is 0 Å². The van der Waals surface area contributed by atoms with E-state index in [-0.39, 0.29) is 25.0 Å². The van der Waals surface area contributed by atoms with Gasteiger partial charge in [-0.3, -0.25) is 9.69 Å². The van der Waals surface area contributed by atoms with E-state index < -0.39 is 12.1 Å². The average Bonchev–Trinajstić information content (AvgIpc) is 3.13. The highest BCUT2D eigenvalue weighted by molar-refractivity contribution is 5.96. The third-order valence-corrected chi connectivity index (χ3v) is 4.81. The lowest BCUT2D eigenvalue weighted by atomic mass is 9.89. The van der Waals surface area contributed by atoms with Crippen molar-refractivity contribution >= 4 is 12.0 Å². The van der Waals surface area contributed by atoms with Crippen molar-refractivity contribution in [1.82, 2.24) is 9.80 Å². The van der Waals surface area contributed by atoms with Crippen molar-refractivity contribution in [3.8, 4) is 0 Å². The Balaban J connectivity index is 1.93. The van der Waals surface area contributed by atoms with Crippen molar-refractivity contribution in [1.29, 1.82) is 0 Å². The number of rotatable bonds is 7. The average molecular weight is 364 g/mol. The van der Waals surface area contributed by atoms with Crippen LogP contribution in [0.1, 0.15) is 17.0 Å². The van der Waals surface area contributed by atoms with E-state index in [0.29, 0.717) is 6.54 Å². The van der Waals surface area contributed by atoms with E-state index in [1.165, 1.54) is 4.90 Å². The van der Waals surface area contributed by atoms with E-state index in [4.69, 9.17) is 4.74 Å². The molecule has 1 saturated heterocycles. The Hall–Kier alpha value is -2.92. The van der Waals surface area contributed by atoms with E-state index in [9.17, 15) is 9.59 Å². The molecule has 0 N–H and O–H groups in total. The van der Waals surface area contributed by atoms with Gasteiger partial charge >= 0.3 is 6.09 Å². The molecule has 2 atom stereocenters. The molecule has 2 amide bonds. The molecule has 1 aliphatic heterocycles. The van der Waals surface area contributed by atoms with Crippen molar-refractivity contribution in [2.75, 3.05) is 20.2 Å². The van der Waals surface area contributed by atoms with Crippen LogP contribution in [0.3, 0.4) is 0 Å². The third kappa shape index (κ3) is 4.26. The lowest BCUT2D eigenvalue weighted by molar-refractivity contribution is -0.133. The Morgan fingerprint density at radius 2 is 1.81 bits per heavy atom. The van der Waals surface area contributed by atoms with Crippen LogP contribution in [0.25, 0.3) is 0 Å². The summed E-state index contributed by atoms with van der Waals surface area (Å²) in [6.45, 7) is 5.07. The van der Waals surface area contributed by atoms with E-state index >= 15 is 0 Å². The number of benzene rings is 2. The van der Waals surface area contributed by atoms with Crippen LogP contribution < -0.4 is 0 Å². The van der Waals surface area contributed by atoms with Gasteiger partial charge in [0.1, 0.15) is 12.6 Å². The number of ether oxygens (including phenoxy) is 1. The molecule has 1 aliphatic rings. The highest BCUT2D eigenvalue weighted by Crippen LogP contribution is 2.27. The van der Waals surface area contributed by atoms with Gasteiger partial charge < -0.3 is 4.74 Å². The molecule has 0 spiro atoms. The predicted molar refractivity (Wildman–Crippen MR) is 104 cm³/mol. The maximum atomic E-state index is 13.3. The fraction of sp³-hybridized carbons (Fsp3) is 0.273. The van der Waals surface area contributed by atoms with E-state index in [0.717, 1.165) is 11.1 Å². The molecule has 2 aromatic rings. The van der Waals surface area contributed by atoms with Crippen LogP contribution in [0.5, 0.6) is 0 Å². The second-order valence-corrected chi connectivity index (χ2v) is 6.62. The zero-order valence-corrected chi connectivity index (χ0v) is 15.5. The lowest BCUT2D eigenvalue weighted by Gasteiger charge is -2.34. The quantitative estimate of drug-likeness (QED) is 0.706. The van der Waals surface area contributed by atoms with Crippen LogP contribution in [0.4, 0.5) is 4.79 Å². The zero-order chi connectivity index (χ0) is 19.2. The standard InChI is InChI=1S/C22H24N2O3/c1-3-19(18-12-8-5-9-13-18)20(21(25)24-14-15-27-22(24)26)23(2)16-17-10-6-4-7-11-17/h3-13,19-20H,1,14-16H2,2H3/t19-,20-/m0/s1. The maximum absolute atomic E-state index is 13.3. The minimum absolute atomic E-state index is 0.240. The molecule has 0 aliphatic carbocycles. The lowest BCUT2D eigenvalue weighted by Crippen LogP contribution is -2.50. The fourth-order valence-electron chi connectivity index (χ4n) is 3.46. The van der Waals surface area contributed by atoms with Crippen LogP contribution in [0, 0.1) is 0 Å². The smallest absolute Gasteiger partial charge is 0.416 e. The predicted octanol–water partition coefficient (Wildman–Crippen LogP) is 3.44. The topological polar surface area (TPSA) is 49.9 Å². The van der Waals surface area contributed by atoms with Gasteiger partial charge in [-0.25, -0.2) is 9.69 Å². The van der Waals surface area contributed by atoms with Gasteiger partial charge in [0.2, 0.25) is 5.91 Å². The Kier molecular flexibility index (Phi) is 6.04. The van der Waals surface area contributed by atoms with Crippen molar-refractivity contribution in [2.45, 2.75) is 18.5 Å². The highest BCUT2D eigenvalue weighted by atomic mass is 16.6. The van der Waals surface area contributed by atoms with Crippen LogP contribution in [0.2, 0.25) is 0 Å². The number of nitrogens with zero attached hydrogens (tertiary/aromatic N) is 2. The van der Waals surface area contributed by atoms with Crippen LogP contribution in [-0.2, 0) is 16.1 Å². The molecule has 1 heterocycles. The molecule has 140 valence electrons. The molecule has 0 unspecified atom stereocenters. The Bertz CT molecular complexity index is 792. The second-order valence-electron chi connectivity index (χ2n) is 6.62. The van der Waals surface area contributed by atoms with Gasteiger partial charge in [0.05, 0.1) is 6.54 Å². The first-order chi connectivity index (χ1) is 13.1. The molecule has 2 aromatic carbocycles. The summed E-state index contributed by atoms with van der Waals surface area (Å²) in [6.07, 6.45) is 1.20. The first kappa shape index (κ1) is 18.9. The van der Waals surface area contributed by atoms with Crippen LogP contribution in [0.15, 0.2) is 73.3 Å². The van der Waals surface area contributed by atoms with Gasteiger partial charge in [-0.1, -0.05) is 66.7 Å². The molecule has 27 heavy (non-hydrogen) atoms. The number of likely N-dealkylation sites (N-methyl/N-ethyl adjacent to an activating group) is 1. The third-order valence-electron chi connectivity index (χ3n) is 4.81. The van der Waals surface area contributed by atoms with Gasteiger partial charge in [-0.15, -0.1) is 6.58 Å².